The smallest absolute Gasteiger partial charge is 0.129 e. The number of hydrogen-bond acceptors (Lipinski definition) is 5. The second kappa shape index (κ2) is 8.19. The third-order valence-electron chi connectivity index (χ3n) is 3.14. The highest BCUT2D eigenvalue weighted by Crippen LogP contribution is 2.16. The Labute approximate surface area is 128 Å². The van der Waals surface area contributed by atoms with E-state index in [1.54, 1.807) is 22.7 Å². The predicted octanol–water partition coefficient (Wildman–Crippen LogP) is 3.92. The van der Waals surface area contributed by atoms with Gasteiger partial charge in [0.15, 0.2) is 0 Å². The lowest BCUT2D eigenvalue weighted by atomic mass is 10.1. The average molecular weight is 308 g/mol. The third-order valence-corrected chi connectivity index (χ3v) is 4.50. The monoisotopic (exact) mass is 308 g/mol. The quantitative estimate of drug-likeness (QED) is 0.419. The van der Waals surface area contributed by atoms with Crippen LogP contribution in [0.4, 0.5) is 0 Å². The molecule has 0 spiro atoms. The molecule has 2 heterocycles. The fourth-order valence-electron chi connectivity index (χ4n) is 1.89. The van der Waals surface area contributed by atoms with Crippen LogP contribution in [0.5, 0.6) is 0 Å². The zero-order valence-electron chi connectivity index (χ0n) is 11.9. The fourth-order valence-corrected chi connectivity index (χ4v) is 3.17. The summed E-state index contributed by atoms with van der Waals surface area (Å²) in [6.45, 7) is 7.96. The minimum atomic E-state index is 0.624. The molecule has 0 unspecified atom stereocenters. The second-order valence-corrected chi connectivity index (χ2v) is 5.88. The van der Waals surface area contributed by atoms with Crippen LogP contribution in [0, 0.1) is 0 Å². The van der Waals surface area contributed by atoms with Gasteiger partial charge in [0.2, 0.25) is 0 Å². The maximum absolute atomic E-state index is 5.53. The van der Waals surface area contributed by atoms with Crippen molar-refractivity contribution in [1.29, 1.82) is 0 Å². The van der Waals surface area contributed by atoms with E-state index in [9.17, 15) is 0 Å². The average Bonchev–Trinajstić information content (AvgIpc) is 3.16. The summed E-state index contributed by atoms with van der Waals surface area (Å²) in [7, 11) is 0. The number of likely N-dealkylation sites (N-methyl/N-ethyl adjacent to an activating group) is 1. The molecular weight excluding hydrogens is 288 g/mol. The minimum Gasteiger partial charge on any atom is -0.394 e. The van der Waals surface area contributed by atoms with Crippen LogP contribution in [0.3, 0.4) is 0 Å². The summed E-state index contributed by atoms with van der Waals surface area (Å²) in [6, 6.07) is 4.16. The van der Waals surface area contributed by atoms with Gasteiger partial charge >= 0.3 is 0 Å². The van der Waals surface area contributed by atoms with E-state index >= 15 is 0 Å². The summed E-state index contributed by atoms with van der Waals surface area (Å²) in [4.78, 5) is 7.86. The molecule has 2 aromatic heterocycles. The molecule has 108 valence electrons. The normalized spacial score (nSPS) is 10.8. The van der Waals surface area contributed by atoms with E-state index in [-0.39, 0.29) is 0 Å². The standard InChI is InChI=1S/C15H20N2OS2/c1-3-17(4-2)7-8-18-16-15(13-5-9-19-11-13)14-6-10-20-12-14/h5-6,9-12H,3-4,7-8H2,1-2H3. The van der Waals surface area contributed by atoms with Crippen molar-refractivity contribution in [3.8, 4) is 0 Å². The Kier molecular flexibility index (Phi) is 6.24. The first-order valence-corrected chi connectivity index (χ1v) is 8.71. The van der Waals surface area contributed by atoms with Crippen molar-refractivity contribution >= 4 is 28.4 Å². The van der Waals surface area contributed by atoms with E-state index in [4.69, 9.17) is 4.84 Å². The lowest BCUT2D eigenvalue weighted by molar-refractivity contribution is 0.114. The Hall–Kier alpha value is -1.17. The largest absolute Gasteiger partial charge is 0.394 e. The Morgan fingerprint density at radius 3 is 2.15 bits per heavy atom. The van der Waals surface area contributed by atoms with Crippen LogP contribution in [0.1, 0.15) is 25.0 Å². The van der Waals surface area contributed by atoms with Gasteiger partial charge in [-0.2, -0.15) is 22.7 Å². The summed E-state index contributed by atoms with van der Waals surface area (Å²) in [6.07, 6.45) is 0. The zero-order chi connectivity index (χ0) is 14.2. The van der Waals surface area contributed by atoms with E-state index in [1.165, 1.54) is 0 Å². The van der Waals surface area contributed by atoms with E-state index in [2.05, 4.69) is 57.6 Å². The fraction of sp³-hybridized carbons (Fsp3) is 0.400. The van der Waals surface area contributed by atoms with Crippen molar-refractivity contribution in [3.63, 3.8) is 0 Å². The summed E-state index contributed by atoms with van der Waals surface area (Å²) in [5, 5.41) is 12.7. The van der Waals surface area contributed by atoms with Gasteiger partial charge in [-0.3, -0.25) is 0 Å². The summed E-state index contributed by atoms with van der Waals surface area (Å²) < 4.78 is 0. The highest BCUT2D eigenvalue weighted by molar-refractivity contribution is 7.08. The molecule has 0 aliphatic heterocycles. The van der Waals surface area contributed by atoms with Gasteiger partial charge in [-0.25, -0.2) is 0 Å². The molecule has 2 aromatic rings. The maximum Gasteiger partial charge on any atom is 0.129 e. The van der Waals surface area contributed by atoms with Crippen LogP contribution in [0.25, 0.3) is 0 Å². The highest BCUT2D eigenvalue weighted by atomic mass is 32.1. The van der Waals surface area contributed by atoms with Crippen LogP contribution in [0.15, 0.2) is 38.8 Å². The van der Waals surface area contributed by atoms with Gasteiger partial charge in [-0.15, -0.1) is 0 Å². The van der Waals surface area contributed by atoms with Crippen molar-refractivity contribution in [2.45, 2.75) is 13.8 Å². The lowest BCUT2D eigenvalue weighted by Gasteiger charge is -2.16. The molecule has 0 radical (unpaired) electrons. The molecule has 2 rings (SSSR count). The molecule has 0 N–H and O–H groups in total. The van der Waals surface area contributed by atoms with Crippen LogP contribution in [0.2, 0.25) is 0 Å². The molecule has 3 nitrogen and oxygen atoms in total. The van der Waals surface area contributed by atoms with E-state index < -0.39 is 0 Å². The van der Waals surface area contributed by atoms with Crippen LogP contribution < -0.4 is 0 Å². The molecule has 5 heteroatoms. The van der Waals surface area contributed by atoms with Crippen molar-refractivity contribution in [2.24, 2.45) is 5.16 Å². The van der Waals surface area contributed by atoms with Gasteiger partial charge in [0, 0.05) is 28.4 Å². The molecule has 0 fully saturated rings. The maximum atomic E-state index is 5.53. The molecule has 0 saturated carbocycles. The SMILES string of the molecule is CCN(CC)CCON=C(c1ccsc1)c1ccsc1. The molecule has 0 aliphatic rings. The first-order valence-electron chi connectivity index (χ1n) is 6.82. The molecule has 20 heavy (non-hydrogen) atoms. The van der Waals surface area contributed by atoms with Gasteiger partial charge in [-0.1, -0.05) is 19.0 Å². The molecule has 0 bridgehead atoms. The Morgan fingerprint density at radius 2 is 1.70 bits per heavy atom. The molecule has 0 aromatic carbocycles. The van der Waals surface area contributed by atoms with Gasteiger partial charge in [0.25, 0.3) is 0 Å². The Bertz CT molecular complexity index is 466. The van der Waals surface area contributed by atoms with Gasteiger partial charge in [-0.05, 0) is 36.0 Å². The van der Waals surface area contributed by atoms with E-state index in [0.717, 1.165) is 36.5 Å². The van der Waals surface area contributed by atoms with Crippen LogP contribution in [-0.4, -0.2) is 36.9 Å². The van der Waals surface area contributed by atoms with Crippen LogP contribution in [-0.2, 0) is 4.84 Å². The molecule has 0 amide bonds. The number of oxime groups is 1. The van der Waals surface area contributed by atoms with Gasteiger partial charge < -0.3 is 9.74 Å². The van der Waals surface area contributed by atoms with Gasteiger partial charge in [0.1, 0.15) is 12.3 Å². The third kappa shape index (κ3) is 4.16. The number of rotatable bonds is 8. The molecular formula is C15H20N2OS2. The summed E-state index contributed by atoms with van der Waals surface area (Å²) >= 11 is 3.35. The lowest BCUT2D eigenvalue weighted by Crippen LogP contribution is -2.26. The zero-order valence-corrected chi connectivity index (χ0v) is 13.5. The molecule has 0 saturated heterocycles. The number of hydrogen-bond donors (Lipinski definition) is 0. The molecule has 0 aliphatic carbocycles. The highest BCUT2D eigenvalue weighted by Gasteiger charge is 2.09. The minimum absolute atomic E-state index is 0.624. The van der Waals surface area contributed by atoms with Crippen molar-refractivity contribution < 1.29 is 4.84 Å². The van der Waals surface area contributed by atoms with Crippen LogP contribution >= 0.6 is 22.7 Å². The number of nitrogens with zero attached hydrogens (tertiary/aromatic N) is 2. The Morgan fingerprint density at radius 1 is 1.10 bits per heavy atom. The van der Waals surface area contributed by atoms with Crippen molar-refractivity contribution in [1.82, 2.24) is 4.90 Å². The van der Waals surface area contributed by atoms with E-state index in [0.29, 0.717) is 6.61 Å². The second-order valence-electron chi connectivity index (χ2n) is 4.32. The predicted molar refractivity (Wildman–Crippen MR) is 88.0 cm³/mol. The van der Waals surface area contributed by atoms with Crippen molar-refractivity contribution in [2.75, 3.05) is 26.2 Å². The first kappa shape index (κ1) is 15.2. The van der Waals surface area contributed by atoms with Crippen molar-refractivity contribution in [3.05, 3.63) is 44.8 Å². The summed E-state index contributed by atoms with van der Waals surface area (Å²) in [5.74, 6) is 0. The topological polar surface area (TPSA) is 24.8 Å². The molecule has 0 atom stereocenters. The summed E-state index contributed by atoms with van der Waals surface area (Å²) in [5.41, 5.74) is 3.17. The van der Waals surface area contributed by atoms with E-state index in [1.807, 2.05) is 0 Å². The van der Waals surface area contributed by atoms with Gasteiger partial charge in [0.05, 0.1) is 0 Å². The Balaban J connectivity index is 1.99. The number of thiophene rings is 2. The first-order chi connectivity index (χ1) is 9.85.